The van der Waals surface area contributed by atoms with Crippen molar-refractivity contribution in [3.05, 3.63) is 60.7 Å². The molecule has 1 aromatic heterocycles. The van der Waals surface area contributed by atoms with E-state index in [1.165, 1.54) is 0 Å². The van der Waals surface area contributed by atoms with Gasteiger partial charge in [-0.1, -0.05) is 12.1 Å². The Labute approximate surface area is 187 Å². The van der Waals surface area contributed by atoms with Crippen LogP contribution < -0.4 is 19.1 Å². The van der Waals surface area contributed by atoms with Crippen LogP contribution in [0.4, 0.5) is 5.82 Å². The summed E-state index contributed by atoms with van der Waals surface area (Å²) in [5.41, 5.74) is 1.66. The Kier molecular flexibility index (Phi) is 6.69. The Morgan fingerprint density at radius 1 is 0.844 bits per heavy atom. The molecule has 32 heavy (non-hydrogen) atoms. The van der Waals surface area contributed by atoms with Crippen LogP contribution in [0, 0.1) is 0 Å². The average molecular weight is 434 g/mol. The van der Waals surface area contributed by atoms with Gasteiger partial charge in [-0.3, -0.25) is 4.79 Å². The van der Waals surface area contributed by atoms with E-state index < -0.39 is 0 Å². The largest absolute Gasteiger partial charge is 0.497 e. The lowest BCUT2D eigenvalue weighted by molar-refractivity contribution is -0.133. The summed E-state index contributed by atoms with van der Waals surface area (Å²) in [6, 6.07) is 18.8. The summed E-state index contributed by atoms with van der Waals surface area (Å²) >= 11 is 0. The van der Waals surface area contributed by atoms with E-state index >= 15 is 0 Å². The molecule has 0 N–H and O–H groups in total. The number of aromatic nitrogens is 2. The van der Waals surface area contributed by atoms with Gasteiger partial charge in [0, 0.05) is 31.7 Å². The molecule has 0 radical (unpaired) electrons. The Morgan fingerprint density at radius 2 is 1.56 bits per heavy atom. The molecule has 1 amide bonds. The molecule has 2 aromatic carbocycles. The number of amides is 1. The number of ether oxygens (including phenoxy) is 3. The molecule has 0 aliphatic carbocycles. The molecule has 8 nitrogen and oxygen atoms in total. The van der Waals surface area contributed by atoms with Gasteiger partial charge in [-0.2, -0.15) is 0 Å². The maximum atomic E-state index is 12.5. The van der Waals surface area contributed by atoms with Crippen molar-refractivity contribution in [3.8, 4) is 28.5 Å². The van der Waals surface area contributed by atoms with Gasteiger partial charge in [0.05, 0.1) is 19.9 Å². The minimum atomic E-state index is -0.0296. The zero-order valence-electron chi connectivity index (χ0n) is 18.2. The van der Waals surface area contributed by atoms with Crippen molar-refractivity contribution in [2.75, 3.05) is 51.9 Å². The van der Waals surface area contributed by atoms with Gasteiger partial charge in [-0.15, -0.1) is 10.2 Å². The van der Waals surface area contributed by atoms with E-state index in [9.17, 15) is 4.79 Å². The summed E-state index contributed by atoms with van der Waals surface area (Å²) in [4.78, 5) is 16.5. The van der Waals surface area contributed by atoms with Gasteiger partial charge in [-0.05, 0) is 48.5 Å². The van der Waals surface area contributed by atoms with Crippen LogP contribution in [0.3, 0.4) is 0 Å². The first-order valence-electron chi connectivity index (χ1n) is 10.4. The number of hydrogen-bond acceptors (Lipinski definition) is 7. The number of benzene rings is 2. The second kappa shape index (κ2) is 10.00. The quantitative estimate of drug-likeness (QED) is 0.566. The monoisotopic (exact) mass is 434 g/mol. The normalized spacial score (nSPS) is 13.6. The number of anilines is 1. The average Bonchev–Trinajstić information content (AvgIpc) is 2.87. The van der Waals surface area contributed by atoms with E-state index in [-0.39, 0.29) is 12.5 Å². The minimum Gasteiger partial charge on any atom is -0.497 e. The van der Waals surface area contributed by atoms with Crippen molar-refractivity contribution in [1.29, 1.82) is 0 Å². The van der Waals surface area contributed by atoms with Gasteiger partial charge < -0.3 is 24.0 Å². The van der Waals surface area contributed by atoms with E-state index in [4.69, 9.17) is 14.2 Å². The SMILES string of the molecule is COc1ccc(OCC(=O)N2CCN(c3ccc(-c4ccccc4OC)nn3)CC2)cc1. The number of methoxy groups -OCH3 is 2. The fourth-order valence-corrected chi connectivity index (χ4v) is 3.59. The maximum Gasteiger partial charge on any atom is 0.260 e. The topological polar surface area (TPSA) is 77.0 Å². The molecule has 1 aliphatic rings. The van der Waals surface area contributed by atoms with Crippen LogP contribution in [-0.4, -0.2) is 68.0 Å². The third kappa shape index (κ3) is 4.91. The second-order valence-electron chi connectivity index (χ2n) is 7.31. The highest BCUT2D eigenvalue weighted by Crippen LogP contribution is 2.28. The first kappa shape index (κ1) is 21.4. The lowest BCUT2D eigenvalue weighted by Gasteiger charge is -2.35. The van der Waals surface area contributed by atoms with Crippen molar-refractivity contribution in [1.82, 2.24) is 15.1 Å². The third-order valence-electron chi connectivity index (χ3n) is 5.41. The Balaban J connectivity index is 1.29. The zero-order chi connectivity index (χ0) is 22.3. The fraction of sp³-hybridized carbons (Fsp3) is 0.292. The van der Waals surface area contributed by atoms with Crippen molar-refractivity contribution in [3.63, 3.8) is 0 Å². The van der Waals surface area contributed by atoms with Gasteiger partial charge in [0.25, 0.3) is 5.91 Å². The fourth-order valence-electron chi connectivity index (χ4n) is 3.59. The highest BCUT2D eigenvalue weighted by atomic mass is 16.5. The molecular weight excluding hydrogens is 408 g/mol. The zero-order valence-corrected chi connectivity index (χ0v) is 18.2. The van der Waals surface area contributed by atoms with E-state index in [0.29, 0.717) is 31.9 Å². The van der Waals surface area contributed by atoms with E-state index in [0.717, 1.165) is 28.6 Å². The number of rotatable bonds is 7. The number of nitrogens with zero attached hydrogens (tertiary/aromatic N) is 4. The van der Waals surface area contributed by atoms with Crippen molar-refractivity contribution in [2.45, 2.75) is 0 Å². The van der Waals surface area contributed by atoms with Crippen molar-refractivity contribution in [2.24, 2.45) is 0 Å². The molecular formula is C24H26N4O4. The van der Waals surface area contributed by atoms with E-state index in [1.54, 1.807) is 38.5 Å². The highest BCUT2D eigenvalue weighted by molar-refractivity contribution is 5.78. The predicted octanol–water partition coefficient (Wildman–Crippen LogP) is 2.89. The summed E-state index contributed by atoms with van der Waals surface area (Å²) in [5.74, 6) is 2.92. The van der Waals surface area contributed by atoms with Crippen LogP contribution in [-0.2, 0) is 4.79 Å². The van der Waals surface area contributed by atoms with Crippen molar-refractivity contribution >= 4 is 11.7 Å². The Morgan fingerprint density at radius 3 is 2.22 bits per heavy atom. The van der Waals surface area contributed by atoms with Gasteiger partial charge in [0.1, 0.15) is 17.2 Å². The number of carbonyl (C=O) groups excluding carboxylic acids is 1. The molecule has 0 spiro atoms. The van der Waals surface area contributed by atoms with Gasteiger partial charge in [0.15, 0.2) is 12.4 Å². The molecule has 1 fully saturated rings. The molecule has 2 heterocycles. The van der Waals surface area contributed by atoms with Gasteiger partial charge in [0.2, 0.25) is 0 Å². The van der Waals surface area contributed by atoms with Crippen LogP contribution in [0.5, 0.6) is 17.2 Å². The van der Waals surface area contributed by atoms with Crippen LogP contribution in [0.15, 0.2) is 60.7 Å². The summed E-state index contributed by atoms with van der Waals surface area (Å²) < 4.78 is 16.1. The Hall–Kier alpha value is -3.81. The molecule has 0 bridgehead atoms. The molecule has 0 unspecified atom stereocenters. The summed E-state index contributed by atoms with van der Waals surface area (Å²) in [5, 5.41) is 8.78. The molecule has 4 rings (SSSR count). The molecule has 3 aromatic rings. The molecule has 1 saturated heterocycles. The number of para-hydroxylation sites is 1. The Bertz CT molecular complexity index is 1030. The standard InChI is InChI=1S/C24H26N4O4/c1-30-18-7-9-19(10-8-18)32-17-24(29)28-15-13-27(14-16-28)23-12-11-21(25-26-23)20-5-3-4-6-22(20)31-2/h3-12H,13-17H2,1-2H3. The van der Waals surface area contributed by atoms with Gasteiger partial charge in [-0.25, -0.2) is 0 Å². The number of carbonyl (C=O) groups is 1. The number of piperazine rings is 1. The first-order chi connectivity index (χ1) is 15.7. The second-order valence-corrected chi connectivity index (χ2v) is 7.31. The minimum absolute atomic E-state index is 0.0136. The lowest BCUT2D eigenvalue weighted by Crippen LogP contribution is -2.50. The maximum absolute atomic E-state index is 12.5. The smallest absolute Gasteiger partial charge is 0.260 e. The van der Waals surface area contributed by atoms with E-state index in [1.807, 2.05) is 41.3 Å². The van der Waals surface area contributed by atoms with Crippen LogP contribution >= 0.6 is 0 Å². The van der Waals surface area contributed by atoms with Crippen LogP contribution in [0.2, 0.25) is 0 Å². The molecule has 0 saturated carbocycles. The predicted molar refractivity (Wildman–Crippen MR) is 121 cm³/mol. The molecule has 8 heteroatoms. The third-order valence-corrected chi connectivity index (χ3v) is 5.41. The summed E-state index contributed by atoms with van der Waals surface area (Å²) in [6.45, 7) is 2.62. The molecule has 166 valence electrons. The molecule has 1 aliphatic heterocycles. The first-order valence-corrected chi connectivity index (χ1v) is 10.4. The van der Waals surface area contributed by atoms with Crippen molar-refractivity contribution < 1.29 is 19.0 Å². The van der Waals surface area contributed by atoms with Crippen LogP contribution in [0.25, 0.3) is 11.3 Å². The van der Waals surface area contributed by atoms with E-state index in [2.05, 4.69) is 15.1 Å². The molecule has 0 atom stereocenters. The van der Waals surface area contributed by atoms with Gasteiger partial charge >= 0.3 is 0 Å². The lowest BCUT2D eigenvalue weighted by atomic mass is 10.1. The van der Waals surface area contributed by atoms with Crippen LogP contribution in [0.1, 0.15) is 0 Å². The summed E-state index contributed by atoms with van der Waals surface area (Å²) in [6.07, 6.45) is 0. The highest BCUT2D eigenvalue weighted by Gasteiger charge is 2.22. The number of hydrogen-bond donors (Lipinski definition) is 0. The summed E-state index contributed by atoms with van der Waals surface area (Å²) in [7, 11) is 3.25.